The Morgan fingerprint density at radius 2 is 2.18 bits per heavy atom. The number of hydrogen-bond acceptors (Lipinski definition) is 4. The smallest absolute Gasteiger partial charge is 0.259 e. The van der Waals surface area contributed by atoms with Gasteiger partial charge in [0.25, 0.3) is 5.78 Å². The number of rotatable bonds is 3. The monoisotopic (exact) mass is 154 g/mol. The Bertz CT molecular complexity index is 179. The molecule has 1 saturated heterocycles. The molecule has 0 aromatic heterocycles. The second-order valence-electron chi connectivity index (χ2n) is 2.44. The maximum atomic E-state index is 10.5. The summed E-state index contributed by atoms with van der Waals surface area (Å²) in [5, 5.41) is 9.84. The number of ketones is 1. The first-order valence-electron chi connectivity index (χ1n) is 3.63. The summed E-state index contributed by atoms with van der Waals surface area (Å²) in [6, 6.07) is 1.50. The SMILES string of the molecule is N#CC(=O)CON1CCCC1. The normalized spacial score (nSPS) is 18.1. The van der Waals surface area contributed by atoms with E-state index >= 15 is 0 Å². The number of hydroxylamine groups is 2. The average molecular weight is 154 g/mol. The van der Waals surface area contributed by atoms with Gasteiger partial charge in [0.1, 0.15) is 12.7 Å². The molecule has 0 spiro atoms. The van der Waals surface area contributed by atoms with E-state index in [1.54, 1.807) is 5.06 Å². The lowest BCUT2D eigenvalue weighted by molar-refractivity contribution is -0.155. The molecule has 0 aliphatic carbocycles. The quantitative estimate of drug-likeness (QED) is 0.541. The molecule has 1 aliphatic rings. The fourth-order valence-corrected chi connectivity index (χ4v) is 0.999. The van der Waals surface area contributed by atoms with Crippen LogP contribution in [0, 0.1) is 11.3 Å². The third-order valence-electron chi connectivity index (χ3n) is 1.57. The topological polar surface area (TPSA) is 53.3 Å². The van der Waals surface area contributed by atoms with Crippen molar-refractivity contribution in [3.05, 3.63) is 0 Å². The summed E-state index contributed by atoms with van der Waals surface area (Å²) in [6.07, 6.45) is 2.22. The van der Waals surface area contributed by atoms with Crippen LogP contribution in [0.25, 0.3) is 0 Å². The fraction of sp³-hybridized carbons (Fsp3) is 0.714. The average Bonchev–Trinajstić information content (AvgIpc) is 2.52. The molecular weight excluding hydrogens is 144 g/mol. The highest BCUT2D eigenvalue weighted by atomic mass is 16.7. The maximum absolute atomic E-state index is 10.5. The Labute approximate surface area is 65.3 Å². The number of hydrogen-bond donors (Lipinski definition) is 0. The van der Waals surface area contributed by atoms with Gasteiger partial charge in [0, 0.05) is 13.1 Å². The van der Waals surface area contributed by atoms with E-state index in [0.29, 0.717) is 0 Å². The predicted octanol–water partition coefficient (Wildman–Crippen LogP) is 0.106. The number of carbonyl (C=O) groups is 1. The van der Waals surface area contributed by atoms with Crippen LogP contribution in [0.5, 0.6) is 0 Å². The van der Waals surface area contributed by atoms with Crippen molar-refractivity contribution in [2.45, 2.75) is 12.8 Å². The molecule has 0 atom stereocenters. The van der Waals surface area contributed by atoms with Crippen LogP contribution in [-0.4, -0.2) is 30.5 Å². The van der Waals surface area contributed by atoms with Crippen LogP contribution in [0.3, 0.4) is 0 Å². The molecular formula is C7H10N2O2. The molecule has 4 nitrogen and oxygen atoms in total. The van der Waals surface area contributed by atoms with E-state index in [2.05, 4.69) is 0 Å². The molecule has 1 fully saturated rings. The van der Waals surface area contributed by atoms with Crippen molar-refractivity contribution in [3.63, 3.8) is 0 Å². The molecule has 1 rings (SSSR count). The van der Waals surface area contributed by atoms with Crippen molar-refractivity contribution >= 4 is 5.78 Å². The first kappa shape index (κ1) is 8.18. The summed E-state index contributed by atoms with van der Waals surface area (Å²) >= 11 is 0. The minimum absolute atomic E-state index is 0.101. The summed E-state index contributed by atoms with van der Waals surface area (Å²) in [5.41, 5.74) is 0. The highest BCUT2D eigenvalue weighted by Crippen LogP contribution is 2.06. The van der Waals surface area contributed by atoms with Crippen molar-refractivity contribution in [3.8, 4) is 6.07 Å². The van der Waals surface area contributed by atoms with Crippen molar-refractivity contribution in [2.24, 2.45) is 0 Å². The molecule has 4 heteroatoms. The van der Waals surface area contributed by atoms with Crippen LogP contribution in [0.2, 0.25) is 0 Å². The van der Waals surface area contributed by atoms with Gasteiger partial charge in [0.2, 0.25) is 0 Å². The van der Waals surface area contributed by atoms with Crippen molar-refractivity contribution in [2.75, 3.05) is 19.7 Å². The van der Waals surface area contributed by atoms with Gasteiger partial charge in [-0.15, -0.1) is 0 Å². The summed E-state index contributed by atoms with van der Waals surface area (Å²) in [7, 11) is 0. The highest BCUT2D eigenvalue weighted by molar-refractivity contribution is 5.94. The van der Waals surface area contributed by atoms with Gasteiger partial charge in [-0.05, 0) is 12.8 Å². The lowest BCUT2D eigenvalue weighted by Gasteiger charge is -2.11. The molecule has 0 saturated carbocycles. The van der Waals surface area contributed by atoms with Crippen LogP contribution in [0.15, 0.2) is 0 Å². The Balaban J connectivity index is 2.12. The lowest BCUT2D eigenvalue weighted by Crippen LogP contribution is -2.23. The third-order valence-corrected chi connectivity index (χ3v) is 1.57. The number of carbonyl (C=O) groups excluding carboxylic acids is 1. The Morgan fingerprint density at radius 3 is 2.73 bits per heavy atom. The van der Waals surface area contributed by atoms with E-state index in [1.165, 1.54) is 6.07 Å². The van der Waals surface area contributed by atoms with E-state index in [9.17, 15) is 4.79 Å². The van der Waals surface area contributed by atoms with Gasteiger partial charge >= 0.3 is 0 Å². The summed E-state index contributed by atoms with van der Waals surface area (Å²) in [6.45, 7) is 1.65. The molecule has 60 valence electrons. The van der Waals surface area contributed by atoms with Gasteiger partial charge in [0.05, 0.1) is 0 Å². The molecule has 11 heavy (non-hydrogen) atoms. The van der Waals surface area contributed by atoms with E-state index in [1.807, 2.05) is 0 Å². The van der Waals surface area contributed by atoms with Crippen LogP contribution in [-0.2, 0) is 9.63 Å². The number of Topliss-reactive ketones (excluding diaryl/α,β-unsaturated/α-hetero) is 1. The molecule has 0 aromatic carbocycles. The molecule has 1 aliphatic heterocycles. The van der Waals surface area contributed by atoms with Crippen LogP contribution in [0.4, 0.5) is 0 Å². The number of nitrogens with zero attached hydrogens (tertiary/aromatic N) is 2. The zero-order chi connectivity index (χ0) is 8.10. The van der Waals surface area contributed by atoms with Crippen LogP contribution >= 0.6 is 0 Å². The fourth-order valence-electron chi connectivity index (χ4n) is 0.999. The maximum Gasteiger partial charge on any atom is 0.259 e. The molecule has 0 bridgehead atoms. The Morgan fingerprint density at radius 1 is 1.55 bits per heavy atom. The molecule has 0 unspecified atom stereocenters. The molecule has 0 N–H and O–H groups in total. The second-order valence-corrected chi connectivity index (χ2v) is 2.44. The van der Waals surface area contributed by atoms with Crippen LogP contribution in [0.1, 0.15) is 12.8 Å². The summed E-state index contributed by atoms with van der Waals surface area (Å²) in [4.78, 5) is 15.5. The van der Waals surface area contributed by atoms with Gasteiger partial charge < -0.3 is 0 Å². The van der Waals surface area contributed by atoms with E-state index in [0.717, 1.165) is 25.9 Å². The Hall–Kier alpha value is -0.920. The van der Waals surface area contributed by atoms with Crippen molar-refractivity contribution in [1.29, 1.82) is 5.26 Å². The lowest BCUT2D eigenvalue weighted by atomic mass is 10.4. The summed E-state index contributed by atoms with van der Waals surface area (Å²) in [5.74, 6) is -0.517. The second kappa shape index (κ2) is 4.06. The highest BCUT2D eigenvalue weighted by Gasteiger charge is 2.12. The minimum Gasteiger partial charge on any atom is -0.290 e. The van der Waals surface area contributed by atoms with Crippen molar-refractivity contribution in [1.82, 2.24) is 5.06 Å². The minimum atomic E-state index is -0.517. The molecule has 1 heterocycles. The van der Waals surface area contributed by atoms with E-state index < -0.39 is 5.78 Å². The first-order valence-corrected chi connectivity index (χ1v) is 3.63. The zero-order valence-corrected chi connectivity index (χ0v) is 6.25. The standard InChI is InChI=1S/C7H10N2O2/c8-5-7(10)6-11-9-3-1-2-4-9/h1-4,6H2. The largest absolute Gasteiger partial charge is 0.290 e. The van der Waals surface area contributed by atoms with Gasteiger partial charge in [-0.3, -0.25) is 9.63 Å². The van der Waals surface area contributed by atoms with Gasteiger partial charge in [-0.25, -0.2) is 0 Å². The van der Waals surface area contributed by atoms with Crippen molar-refractivity contribution < 1.29 is 9.63 Å². The van der Waals surface area contributed by atoms with Crippen LogP contribution < -0.4 is 0 Å². The molecule has 0 radical (unpaired) electrons. The van der Waals surface area contributed by atoms with E-state index in [4.69, 9.17) is 10.1 Å². The molecule has 0 aromatic rings. The third kappa shape index (κ3) is 2.66. The summed E-state index contributed by atoms with van der Waals surface area (Å²) < 4.78 is 0. The number of nitriles is 1. The predicted molar refractivity (Wildman–Crippen MR) is 37.4 cm³/mol. The van der Waals surface area contributed by atoms with E-state index in [-0.39, 0.29) is 6.61 Å². The molecule has 0 amide bonds. The Kier molecular flexibility index (Phi) is 3.02. The zero-order valence-electron chi connectivity index (χ0n) is 6.25. The van der Waals surface area contributed by atoms with Gasteiger partial charge in [-0.1, -0.05) is 0 Å². The first-order chi connectivity index (χ1) is 5.33. The van der Waals surface area contributed by atoms with Gasteiger partial charge in [-0.2, -0.15) is 10.3 Å². The van der Waals surface area contributed by atoms with Gasteiger partial charge in [0.15, 0.2) is 0 Å².